The monoisotopic (exact) mass is 238 g/mol. The van der Waals surface area contributed by atoms with Gasteiger partial charge in [0.05, 0.1) is 0 Å². The largest absolute Gasteiger partial charge is 0.497 e. The van der Waals surface area contributed by atoms with Gasteiger partial charge in [0.2, 0.25) is 0 Å². The van der Waals surface area contributed by atoms with Crippen molar-refractivity contribution in [3.05, 3.63) is 0 Å². The average Bonchev–Trinajstić information content (AvgIpc) is 1.91. The quantitative estimate of drug-likeness (QED) is 0.440. The van der Waals surface area contributed by atoms with Crippen LogP contribution in [0.1, 0.15) is 48.0 Å². The van der Waals surface area contributed by atoms with Crippen molar-refractivity contribution in [2.45, 2.75) is 54.3 Å². The van der Waals surface area contributed by atoms with Gasteiger partial charge < -0.3 is 0 Å². The molecule has 1 N–H and O–H groups in total. The third kappa shape index (κ3) is 7.54. The van der Waals surface area contributed by atoms with Crippen LogP contribution in [0.3, 0.4) is 0 Å². The molecule has 0 aromatic heterocycles. The van der Waals surface area contributed by atoms with Crippen LogP contribution >= 0.6 is 0 Å². The van der Waals surface area contributed by atoms with Gasteiger partial charge in [-0.3, -0.25) is 0 Å². The van der Waals surface area contributed by atoms with Crippen LogP contribution in [0.15, 0.2) is 5.10 Å². The Morgan fingerprint density at radius 3 is 1.69 bits per heavy atom. The first-order chi connectivity index (χ1) is 6.81. The zero-order chi connectivity index (χ0) is 13.2. The molecule has 0 bridgehead atoms. The van der Waals surface area contributed by atoms with Gasteiger partial charge in [-0.1, -0.05) is 41.5 Å². The van der Waals surface area contributed by atoms with E-state index in [9.17, 15) is 13.2 Å². The van der Waals surface area contributed by atoms with Crippen molar-refractivity contribution in [2.24, 2.45) is 15.9 Å². The number of hydrogen-bond donors (Lipinski definition) is 1. The fourth-order valence-electron chi connectivity index (χ4n) is 1.11. The minimum absolute atomic E-state index is 0.0839. The second-order valence-electron chi connectivity index (χ2n) is 6.16. The molecule has 0 amide bonds. The van der Waals surface area contributed by atoms with E-state index in [4.69, 9.17) is 0 Å². The summed E-state index contributed by atoms with van der Waals surface area (Å²) in [4.78, 5) is 0. The summed E-state index contributed by atoms with van der Waals surface area (Å²) in [6.45, 7) is 11.5. The van der Waals surface area contributed by atoms with E-state index in [0.29, 0.717) is 12.1 Å². The Bertz CT molecular complexity index is 254. The molecule has 0 saturated heterocycles. The first-order valence-corrected chi connectivity index (χ1v) is 5.22. The summed E-state index contributed by atoms with van der Waals surface area (Å²) in [5.74, 6) is 0. The zero-order valence-electron chi connectivity index (χ0n) is 10.8. The van der Waals surface area contributed by atoms with E-state index in [1.54, 1.807) is 0 Å². The van der Waals surface area contributed by atoms with E-state index in [1.807, 2.05) is 41.5 Å². The number of rotatable bonds is 2. The maximum Gasteiger partial charge on any atom is 0.497 e. The van der Waals surface area contributed by atoms with Crippen molar-refractivity contribution >= 4 is 5.71 Å². The van der Waals surface area contributed by atoms with Gasteiger partial charge in [-0.15, -0.1) is 13.2 Å². The van der Waals surface area contributed by atoms with Crippen molar-refractivity contribution in [1.82, 2.24) is 5.43 Å². The Balaban J connectivity index is 4.84. The SMILES string of the molecule is CC(C)(C)CC(=NNC(F)(F)F)C(C)(C)C. The number of hydrogen-bond acceptors (Lipinski definition) is 2. The van der Waals surface area contributed by atoms with Crippen LogP contribution in [-0.2, 0) is 0 Å². The van der Waals surface area contributed by atoms with E-state index in [-0.39, 0.29) is 10.8 Å². The molecule has 0 atom stereocenters. The van der Waals surface area contributed by atoms with Gasteiger partial charge in [-0.05, 0) is 11.8 Å². The lowest BCUT2D eigenvalue weighted by Gasteiger charge is -2.28. The van der Waals surface area contributed by atoms with E-state index < -0.39 is 6.30 Å². The van der Waals surface area contributed by atoms with Gasteiger partial charge in [-0.2, -0.15) is 5.10 Å². The number of alkyl halides is 3. The molecule has 0 aliphatic heterocycles. The number of halogens is 3. The summed E-state index contributed by atoms with van der Waals surface area (Å²) in [6, 6.07) is 0. The Labute approximate surface area is 95.3 Å². The Hall–Kier alpha value is -0.740. The Morgan fingerprint density at radius 1 is 1.00 bits per heavy atom. The van der Waals surface area contributed by atoms with Crippen LogP contribution in [-0.4, -0.2) is 12.0 Å². The van der Waals surface area contributed by atoms with Gasteiger partial charge in [-0.25, -0.2) is 5.43 Å². The number of nitrogens with zero attached hydrogens (tertiary/aromatic N) is 1. The van der Waals surface area contributed by atoms with Gasteiger partial charge >= 0.3 is 6.30 Å². The van der Waals surface area contributed by atoms with Crippen molar-refractivity contribution in [1.29, 1.82) is 0 Å². The molecule has 0 spiro atoms. The molecule has 0 unspecified atom stereocenters. The van der Waals surface area contributed by atoms with Gasteiger partial charge in [0.1, 0.15) is 0 Å². The van der Waals surface area contributed by atoms with Crippen molar-refractivity contribution in [2.75, 3.05) is 0 Å². The fraction of sp³-hybridized carbons (Fsp3) is 0.909. The van der Waals surface area contributed by atoms with Crippen molar-refractivity contribution in [3.63, 3.8) is 0 Å². The molecule has 0 aliphatic carbocycles. The van der Waals surface area contributed by atoms with E-state index >= 15 is 0 Å². The smallest absolute Gasteiger partial charge is 0.218 e. The Kier molecular flexibility index (Phi) is 4.42. The molecular weight excluding hydrogens is 217 g/mol. The standard InChI is InChI=1S/C11H21F3N2/c1-9(2,3)7-8(10(4,5)6)15-16-11(12,13)14/h16H,7H2,1-6H3. The van der Waals surface area contributed by atoms with E-state index in [0.717, 1.165) is 0 Å². The maximum absolute atomic E-state index is 12.0. The van der Waals surface area contributed by atoms with Crippen LogP contribution in [0.5, 0.6) is 0 Å². The molecular formula is C11H21F3N2. The summed E-state index contributed by atoms with van der Waals surface area (Å²) in [6.07, 6.45) is -3.94. The first-order valence-electron chi connectivity index (χ1n) is 5.22. The molecule has 0 rings (SSSR count). The molecule has 0 heterocycles. The van der Waals surface area contributed by atoms with Gasteiger partial charge in [0.15, 0.2) is 0 Å². The van der Waals surface area contributed by atoms with Crippen LogP contribution in [0.4, 0.5) is 13.2 Å². The maximum atomic E-state index is 12.0. The summed E-state index contributed by atoms with van der Waals surface area (Å²) in [5, 5.41) is 3.49. The zero-order valence-corrected chi connectivity index (χ0v) is 10.8. The second kappa shape index (κ2) is 4.63. The van der Waals surface area contributed by atoms with E-state index in [1.165, 1.54) is 5.43 Å². The fourth-order valence-corrected chi connectivity index (χ4v) is 1.11. The number of hydrazone groups is 1. The molecule has 0 aromatic carbocycles. The lowest BCUT2D eigenvalue weighted by molar-refractivity contribution is -0.156. The third-order valence-electron chi connectivity index (χ3n) is 1.88. The number of nitrogens with one attached hydrogen (secondary N) is 1. The predicted octanol–water partition coefficient (Wildman–Crippen LogP) is 3.93. The lowest BCUT2D eigenvalue weighted by Crippen LogP contribution is -2.33. The molecule has 0 fully saturated rings. The minimum Gasteiger partial charge on any atom is -0.218 e. The van der Waals surface area contributed by atoms with Crippen LogP contribution < -0.4 is 5.43 Å². The molecule has 0 radical (unpaired) electrons. The summed E-state index contributed by atoms with van der Waals surface area (Å²) in [7, 11) is 0. The molecule has 0 aliphatic rings. The lowest BCUT2D eigenvalue weighted by atomic mass is 9.79. The minimum atomic E-state index is -4.46. The average molecular weight is 238 g/mol. The highest BCUT2D eigenvalue weighted by Crippen LogP contribution is 2.28. The van der Waals surface area contributed by atoms with Crippen LogP contribution in [0, 0.1) is 10.8 Å². The highest BCUT2D eigenvalue weighted by molar-refractivity contribution is 5.89. The highest BCUT2D eigenvalue weighted by Gasteiger charge is 2.29. The van der Waals surface area contributed by atoms with Crippen molar-refractivity contribution < 1.29 is 13.2 Å². The normalized spacial score (nSPS) is 15.2. The van der Waals surface area contributed by atoms with Gasteiger partial charge in [0, 0.05) is 11.1 Å². The molecule has 2 nitrogen and oxygen atoms in total. The molecule has 16 heavy (non-hydrogen) atoms. The Morgan fingerprint density at radius 2 is 1.44 bits per heavy atom. The van der Waals surface area contributed by atoms with E-state index in [2.05, 4.69) is 5.10 Å². The molecule has 96 valence electrons. The first kappa shape index (κ1) is 15.3. The second-order valence-corrected chi connectivity index (χ2v) is 6.16. The molecule has 5 heteroatoms. The molecule has 0 saturated carbocycles. The molecule has 0 aromatic rings. The van der Waals surface area contributed by atoms with Crippen LogP contribution in [0.25, 0.3) is 0 Å². The predicted molar refractivity (Wildman–Crippen MR) is 60.2 cm³/mol. The van der Waals surface area contributed by atoms with Crippen LogP contribution in [0.2, 0.25) is 0 Å². The summed E-state index contributed by atoms with van der Waals surface area (Å²) < 4.78 is 36.1. The van der Waals surface area contributed by atoms with Gasteiger partial charge in [0.25, 0.3) is 0 Å². The van der Waals surface area contributed by atoms with Crippen molar-refractivity contribution in [3.8, 4) is 0 Å². The third-order valence-corrected chi connectivity index (χ3v) is 1.88. The topological polar surface area (TPSA) is 24.4 Å². The summed E-state index contributed by atoms with van der Waals surface area (Å²) in [5.41, 5.74) is 1.31. The highest BCUT2D eigenvalue weighted by atomic mass is 19.4. The summed E-state index contributed by atoms with van der Waals surface area (Å²) >= 11 is 0.